The molecule has 0 saturated carbocycles. The van der Waals surface area contributed by atoms with E-state index >= 15 is 0 Å². The summed E-state index contributed by atoms with van der Waals surface area (Å²) in [5.41, 5.74) is 0.133. The summed E-state index contributed by atoms with van der Waals surface area (Å²) in [6.07, 6.45) is 1.46. The molecule has 0 spiro atoms. The third-order valence-corrected chi connectivity index (χ3v) is 3.74. The van der Waals surface area contributed by atoms with E-state index in [2.05, 4.69) is 30.0 Å². The molecule has 8 heteroatoms. The first kappa shape index (κ1) is 13.4. The van der Waals surface area contributed by atoms with Gasteiger partial charge in [0, 0.05) is 20.9 Å². The van der Waals surface area contributed by atoms with Crippen molar-refractivity contribution in [3.63, 3.8) is 0 Å². The Bertz CT molecular complexity index is 327. The Morgan fingerprint density at radius 2 is 2.12 bits per heavy atom. The zero-order valence-corrected chi connectivity index (χ0v) is 10.9. The van der Waals surface area contributed by atoms with Crippen molar-refractivity contribution in [1.82, 2.24) is 15.0 Å². The van der Waals surface area contributed by atoms with E-state index in [1.165, 1.54) is 10.9 Å². The Morgan fingerprint density at radius 1 is 1.44 bits per heavy atom. The van der Waals surface area contributed by atoms with E-state index in [9.17, 15) is 0 Å². The van der Waals surface area contributed by atoms with Crippen molar-refractivity contribution in [2.24, 2.45) is 0 Å². The van der Waals surface area contributed by atoms with Crippen LogP contribution < -0.4 is 5.59 Å². The van der Waals surface area contributed by atoms with E-state index in [0.29, 0.717) is 13.3 Å². The number of aromatic nitrogens is 3. The zero-order valence-electron chi connectivity index (χ0n) is 9.92. The van der Waals surface area contributed by atoms with E-state index in [1.807, 2.05) is 0 Å². The molecule has 0 bridgehead atoms. The fourth-order valence-electron chi connectivity index (χ4n) is 1.03. The lowest BCUT2D eigenvalue weighted by molar-refractivity contribution is 0.0772. The molecular weight excluding hydrogens is 225 g/mol. The molecule has 0 atom stereocenters. The zero-order chi connectivity index (χ0) is 12.2. The predicted molar refractivity (Wildman–Crippen MR) is 64.0 cm³/mol. The summed E-state index contributed by atoms with van der Waals surface area (Å²) in [7, 11) is -2.63. The summed E-state index contributed by atoms with van der Waals surface area (Å²) in [6.45, 7) is 7.85. The summed E-state index contributed by atoms with van der Waals surface area (Å²) in [5, 5.41) is 24.9. The topological polar surface area (TPSA) is 80.4 Å². The fourth-order valence-corrected chi connectivity index (χ4v) is 1.79. The van der Waals surface area contributed by atoms with Crippen molar-refractivity contribution in [2.45, 2.75) is 32.4 Å². The highest BCUT2D eigenvalue weighted by molar-refractivity contribution is 6.76. The standard InChI is InChI=1S/C8H18BN3O3Si/c1-16(2,3)5-4-15-7-12-6-8(9(13)14)10-11-12/h6,13-14H,4-5,7H2,1-3H3. The van der Waals surface area contributed by atoms with Crippen LogP contribution in [0.2, 0.25) is 25.7 Å². The lowest BCUT2D eigenvalue weighted by atomic mass is 9.87. The van der Waals surface area contributed by atoms with Gasteiger partial charge in [-0.05, 0) is 6.04 Å². The Labute approximate surface area is 96.4 Å². The minimum absolute atomic E-state index is 0.133. The minimum atomic E-state index is -1.57. The van der Waals surface area contributed by atoms with Crippen LogP contribution in [0.3, 0.4) is 0 Å². The normalized spacial score (nSPS) is 11.8. The van der Waals surface area contributed by atoms with Crippen LogP contribution in [0.15, 0.2) is 6.20 Å². The van der Waals surface area contributed by atoms with E-state index in [1.54, 1.807) is 0 Å². The number of rotatable bonds is 6. The van der Waals surface area contributed by atoms with E-state index in [-0.39, 0.29) is 5.59 Å². The molecule has 0 aliphatic heterocycles. The van der Waals surface area contributed by atoms with Gasteiger partial charge in [0.25, 0.3) is 0 Å². The third kappa shape index (κ3) is 4.88. The monoisotopic (exact) mass is 243 g/mol. The Hall–Kier alpha value is -0.698. The van der Waals surface area contributed by atoms with Gasteiger partial charge < -0.3 is 14.8 Å². The lowest BCUT2D eigenvalue weighted by Crippen LogP contribution is -2.31. The van der Waals surface area contributed by atoms with Gasteiger partial charge in [-0.2, -0.15) is 0 Å². The maximum atomic E-state index is 8.82. The minimum Gasteiger partial charge on any atom is -0.422 e. The average molecular weight is 243 g/mol. The van der Waals surface area contributed by atoms with Crippen molar-refractivity contribution in [1.29, 1.82) is 0 Å². The van der Waals surface area contributed by atoms with Crippen LogP contribution in [-0.2, 0) is 11.5 Å². The summed E-state index contributed by atoms with van der Waals surface area (Å²) >= 11 is 0. The van der Waals surface area contributed by atoms with Gasteiger partial charge in [0.2, 0.25) is 0 Å². The number of ether oxygens (including phenoxy) is 1. The van der Waals surface area contributed by atoms with Gasteiger partial charge in [-0.25, -0.2) is 4.68 Å². The highest BCUT2D eigenvalue weighted by Crippen LogP contribution is 2.07. The summed E-state index contributed by atoms with van der Waals surface area (Å²) in [4.78, 5) is 0. The smallest absolute Gasteiger partial charge is 0.422 e. The third-order valence-electron chi connectivity index (χ3n) is 2.04. The Kier molecular flexibility index (Phi) is 4.66. The van der Waals surface area contributed by atoms with Crippen LogP contribution >= 0.6 is 0 Å². The van der Waals surface area contributed by atoms with Gasteiger partial charge in [-0.3, -0.25) is 0 Å². The maximum Gasteiger partial charge on any atom is 0.511 e. The molecule has 6 nitrogen and oxygen atoms in total. The molecule has 0 fully saturated rings. The fraction of sp³-hybridized carbons (Fsp3) is 0.750. The molecule has 1 rings (SSSR count). The quantitative estimate of drug-likeness (QED) is 0.508. The van der Waals surface area contributed by atoms with E-state index in [0.717, 1.165) is 6.04 Å². The van der Waals surface area contributed by atoms with Gasteiger partial charge in [0.15, 0.2) is 0 Å². The predicted octanol–water partition coefficient (Wildman–Crippen LogP) is -0.730. The van der Waals surface area contributed by atoms with Crippen LogP contribution in [0.4, 0.5) is 0 Å². The molecule has 0 unspecified atom stereocenters. The second-order valence-corrected chi connectivity index (χ2v) is 10.5. The lowest BCUT2D eigenvalue weighted by Gasteiger charge is -2.15. The highest BCUT2D eigenvalue weighted by atomic mass is 28.3. The first-order valence-corrected chi connectivity index (χ1v) is 8.93. The molecule has 0 saturated heterocycles. The second-order valence-electron chi connectivity index (χ2n) is 4.90. The van der Waals surface area contributed by atoms with Crippen LogP contribution in [-0.4, -0.2) is 46.8 Å². The molecule has 1 aromatic rings. The molecule has 1 aromatic heterocycles. The Balaban J connectivity index is 2.27. The van der Waals surface area contributed by atoms with Crippen molar-refractivity contribution in [3.05, 3.63) is 6.20 Å². The molecule has 1 heterocycles. The maximum absolute atomic E-state index is 8.82. The van der Waals surface area contributed by atoms with E-state index in [4.69, 9.17) is 14.8 Å². The molecule has 90 valence electrons. The largest absolute Gasteiger partial charge is 0.511 e. The first-order chi connectivity index (χ1) is 7.38. The Morgan fingerprint density at radius 3 is 2.62 bits per heavy atom. The summed E-state index contributed by atoms with van der Waals surface area (Å²) < 4.78 is 6.86. The molecular formula is C8H18BN3O3Si. The van der Waals surface area contributed by atoms with Crippen molar-refractivity contribution in [3.8, 4) is 0 Å². The van der Waals surface area contributed by atoms with Gasteiger partial charge in [-0.1, -0.05) is 24.9 Å². The molecule has 0 aliphatic carbocycles. The van der Waals surface area contributed by atoms with Crippen molar-refractivity contribution in [2.75, 3.05) is 6.61 Å². The molecule has 0 aromatic carbocycles. The van der Waals surface area contributed by atoms with Gasteiger partial charge in [0.1, 0.15) is 12.3 Å². The first-order valence-electron chi connectivity index (χ1n) is 5.22. The van der Waals surface area contributed by atoms with Crippen LogP contribution in [0.25, 0.3) is 0 Å². The van der Waals surface area contributed by atoms with Crippen molar-refractivity contribution >= 4 is 20.8 Å². The van der Waals surface area contributed by atoms with Crippen LogP contribution in [0.5, 0.6) is 0 Å². The van der Waals surface area contributed by atoms with Gasteiger partial charge >= 0.3 is 7.12 Å². The number of nitrogens with zero attached hydrogens (tertiary/aromatic N) is 3. The second kappa shape index (κ2) is 5.58. The molecule has 2 N–H and O–H groups in total. The summed E-state index contributed by atoms with van der Waals surface area (Å²) in [5.74, 6) is 0. The van der Waals surface area contributed by atoms with Gasteiger partial charge in [0.05, 0.1) is 0 Å². The molecule has 0 aliphatic rings. The summed E-state index contributed by atoms with van der Waals surface area (Å²) in [6, 6.07) is 1.09. The van der Waals surface area contributed by atoms with Crippen LogP contribution in [0, 0.1) is 0 Å². The molecule has 0 radical (unpaired) electrons. The van der Waals surface area contributed by atoms with Crippen molar-refractivity contribution < 1.29 is 14.8 Å². The van der Waals surface area contributed by atoms with E-state index < -0.39 is 15.2 Å². The molecule has 16 heavy (non-hydrogen) atoms. The highest BCUT2D eigenvalue weighted by Gasteiger charge is 2.15. The van der Waals surface area contributed by atoms with Gasteiger partial charge in [-0.15, -0.1) is 5.10 Å². The number of hydrogen-bond donors (Lipinski definition) is 2. The number of hydrogen-bond acceptors (Lipinski definition) is 5. The SMILES string of the molecule is C[Si](C)(C)CCOCn1cc(B(O)O)nn1. The average Bonchev–Trinajstić information content (AvgIpc) is 2.59. The molecule has 0 amide bonds. The van der Waals surface area contributed by atoms with Crippen LogP contribution in [0.1, 0.15) is 0 Å².